The molecule has 1 aromatic rings. The molecule has 1 N–H and O–H groups in total. The molecule has 0 spiro atoms. The maximum absolute atomic E-state index is 3.44. The standard InChI is InChI=1S/C14H23NS/c1-11(2)15-10-9-13-5-7-14(8-6-13)16-12(3)4/h5-8,11-12,15H,9-10H2,1-4H3. The van der Waals surface area contributed by atoms with Gasteiger partial charge < -0.3 is 5.32 Å². The van der Waals surface area contributed by atoms with Crippen LogP contribution in [0.5, 0.6) is 0 Å². The number of hydrogen-bond donors (Lipinski definition) is 1. The largest absolute Gasteiger partial charge is 0.314 e. The fraction of sp³-hybridized carbons (Fsp3) is 0.571. The Morgan fingerprint density at radius 1 is 1.06 bits per heavy atom. The average Bonchev–Trinajstić information content (AvgIpc) is 2.19. The first-order chi connectivity index (χ1) is 7.58. The zero-order valence-corrected chi connectivity index (χ0v) is 11.6. The van der Waals surface area contributed by atoms with Gasteiger partial charge in [0, 0.05) is 16.2 Å². The first kappa shape index (κ1) is 13.6. The fourth-order valence-electron chi connectivity index (χ4n) is 1.51. The molecule has 0 fully saturated rings. The van der Waals surface area contributed by atoms with E-state index in [1.807, 2.05) is 11.8 Å². The molecule has 16 heavy (non-hydrogen) atoms. The Hall–Kier alpha value is -0.470. The quantitative estimate of drug-likeness (QED) is 0.757. The molecule has 1 nitrogen and oxygen atoms in total. The van der Waals surface area contributed by atoms with E-state index >= 15 is 0 Å². The van der Waals surface area contributed by atoms with E-state index in [9.17, 15) is 0 Å². The number of nitrogens with one attached hydrogen (secondary N) is 1. The number of hydrogen-bond acceptors (Lipinski definition) is 2. The molecule has 2 heteroatoms. The summed E-state index contributed by atoms with van der Waals surface area (Å²) in [4.78, 5) is 1.37. The second-order valence-electron chi connectivity index (χ2n) is 4.67. The van der Waals surface area contributed by atoms with Crippen molar-refractivity contribution in [3.8, 4) is 0 Å². The Bertz CT molecular complexity index is 290. The average molecular weight is 237 g/mol. The van der Waals surface area contributed by atoms with Crippen molar-refractivity contribution in [2.45, 2.75) is 50.3 Å². The van der Waals surface area contributed by atoms with Crippen molar-refractivity contribution in [3.05, 3.63) is 29.8 Å². The van der Waals surface area contributed by atoms with E-state index in [4.69, 9.17) is 0 Å². The summed E-state index contributed by atoms with van der Waals surface area (Å²) < 4.78 is 0. The molecule has 0 radical (unpaired) electrons. The molecule has 90 valence electrons. The van der Waals surface area contributed by atoms with Crippen LogP contribution in [0, 0.1) is 0 Å². The lowest BCUT2D eigenvalue weighted by Crippen LogP contribution is -2.24. The predicted molar refractivity (Wildman–Crippen MR) is 74.3 cm³/mol. The molecule has 0 saturated carbocycles. The van der Waals surface area contributed by atoms with Gasteiger partial charge in [-0.3, -0.25) is 0 Å². The molecule has 0 atom stereocenters. The Morgan fingerprint density at radius 2 is 1.69 bits per heavy atom. The molecule has 0 aliphatic rings. The Morgan fingerprint density at radius 3 is 2.19 bits per heavy atom. The summed E-state index contributed by atoms with van der Waals surface area (Å²) in [7, 11) is 0. The van der Waals surface area contributed by atoms with Gasteiger partial charge in [0.05, 0.1) is 0 Å². The minimum atomic E-state index is 0.579. The first-order valence-corrected chi connectivity index (χ1v) is 6.95. The number of benzene rings is 1. The van der Waals surface area contributed by atoms with Gasteiger partial charge in [0.25, 0.3) is 0 Å². The molecule has 0 bridgehead atoms. The van der Waals surface area contributed by atoms with Crippen molar-refractivity contribution in [3.63, 3.8) is 0 Å². The van der Waals surface area contributed by atoms with Crippen LogP contribution in [0.3, 0.4) is 0 Å². The molecule has 1 rings (SSSR count). The molecule has 0 amide bonds. The Labute approximate surface area is 104 Å². The van der Waals surface area contributed by atoms with Crippen molar-refractivity contribution >= 4 is 11.8 Å². The fourth-order valence-corrected chi connectivity index (χ4v) is 2.35. The van der Waals surface area contributed by atoms with E-state index in [0.717, 1.165) is 13.0 Å². The van der Waals surface area contributed by atoms with Gasteiger partial charge in [-0.05, 0) is 30.7 Å². The van der Waals surface area contributed by atoms with Crippen LogP contribution in [0.4, 0.5) is 0 Å². The summed E-state index contributed by atoms with van der Waals surface area (Å²) in [6, 6.07) is 9.53. The number of rotatable bonds is 6. The first-order valence-electron chi connectivity index (χ1n) is 6.07. The lowest BCUT2D eigenvalue weighted by Gasteiger charge is -2.09. The second-order valence-corrected chi connectivity index (χ2v) is 6.32. The zero-order valence-electron chi connectivity index (χ0n) is 10.8. The topological polar surface area (TPSA) is 12.0 Å². The summed E-state index contributed by atoms with van der Waals surface area (Å²) in [6.07, 6.45) is 1.12. The van der Waals surface area contributed by atoms with E-state index in [2.05, 4.69) is 57.3 Å². The normalized spacial score (nSPS) is 11.4. The third-order valence-corrected chi connectivity index (χ3v) is 3.28. The van der Waals surface area contributed by atoms with E-state index in [1.54, 1.807) is 0 Å². The van der Waals surface area contributed by atoms with Crippen LogP contribution in [-0.2, 0) is 6.42 Å². The maximum atomic E-state index is 3.44. The van der Waals surface area contributed by atoms with Crippen LogP contribution < -0.4 is 5.32 Å². The summed E-state index contributed by atoms with van der Waals surface area (Å²) in [5, 5.41) is 4.10. The van der Waals surface area contributed by atoms with Crippen molar-refractivity contribution in [2.75, 3.05) is 6.54 Å². The molecular weight excluding hydrogens is 214 g/mol. The summed E-state index contributed by atoms with van der Waals surface area (Å²) in [5.41, 5.74) is 1.42. The second kappa shape index (κ2) is 6.97. The van der Waals surface area contributed by atoms with Gasteiger partial charge in [0.1, 0.15) is 0 Å². The Kier molecular flexibility index (Phi) is 5.93. The van der Waals surface area contributed by atoms with Crippen LogP contribution in [0.1, 0.15) is 33.3 Å². The molecule has 0 aliphatic carbocycles. The highest BCUT2D eigenvalue weighted by molar-refractivity contribution is 7.99. The van der Waals surface area contributed by atoms with Gasteiger partial charge in [-0.1, -0.05) is 39.8 Å². The molecule has 0 aliphatic heterocycles. The van der Waals surface area contributed by atoms with Crippen molar-refractivity contribution < 1.29 is 0 Å². The van der Waals surface area contributed by atoms with Gasteiger partial charge in [-0.2, -0.15) is 0 Å². The van der Waals surface area contributed by atoms with E-state index in [1.165, 1.54) is 10.5 Å². The monoisotopic (exact) mass is 237 g/mol. The van der Waals surface area contributed by atoms with Crippen LogP contribution in [0.25, 0.3) is 0 Å². The minimum absolute atomic E-state index is 0.579. The van der Waals surface area contributed by atoms with E-state index < -0.39 is 0 Å². The van der Waals surface area contributed by atoms with Crippen molar-refractivity contribution in [2.24, 2.45) is 0 Å². The van der Waals surface area contributed by atoms with Crippen LogP contribution in [-0.4, -0.2) is 17.8 Å². The molecule has 0 heterocycles. The molecule has 0 saturated heterocycles. The highest BCUT2D eigenvalue weighted by Gasteiger charge is 1.99. The third-order valence-electron chi connectivity index (χ3n) is 2.26. The van der Waals surface area contributed by atoms with Gasteiger partial charge in [0.2, 0.25) is 0 Å². The highest BCUT2D eigenvalue weighted by Crippen LogP contribution is 2.22. The van der Waals surface area contributed by atoms with Gasteiger partial charge >= 0.3 is 0 Å². The van der Waals surface area contributed by atoms with Gasteiger partial charge in [-0.15, -0.1) is 11.8 Å². The Balaban J connectivity index is 2.39. The summed E-state index contributed by atoms with van der Waals surface area (Å²) in [5.74, 6) is 0. The maximum Gasteiger partial charge on any atom is 0.00747 e. The van der Waals surface area contributed by atoms with Crippen molar-refractivity contribution in [1.29, 1.82) is 0 Å². The number of thioether (sulfide) groups is 1. The minimum Gasteiger partial charge on any atom is -0.314 e. The van der Waals surface area contributed by atoms with Crippen LogP contribution in [0.15, 0.2) is 29.2 Å². The smallest absolute Gasteiger partial charge is 0.00747 e. The molecule has 1 aromatic carbocycles. The van der Waals surface area contributed by atoms with Gasteiger partial charge in [-0.25, -0.2) is 0 Å². The van der Waals surface area contributed by atoms with Crippen LogP contribution in [0.2, 0.25) is 0 Å². The predicted octanol–water partition coefficient (Wildman–Crippen LogP) is 3.73. The molecular formula is C14H23NS. The van der Waals surface area contributed by atoms with E-state index in [0.29, 0.717) is 11.3 Å². The van der Waals surface area contributed by atoms with Crippen molar-refractivity contribution in [1.82, 2.24) is 5.32 Å². The summed E-state index contributed by atoms with van der Waals surface area (Å²) in [6.45, 7) is 9.88. The van der Waals surface area contributed by atoms with Gasteiger partial charge in [0.15, 0.2) is 0 Å². The third kappa shape index (κ3) is 5.57. The summed E-state index contributed by atoms with van der Waals surface area (Å²) >= 11 is 1.92. The SMILES string of the molecule is CC(C)NCCc1ccc(SC(C)C)cc1. The highest BCUT2D eigenvalue weighted by atomic mass is 32.2. The van der Waals surface area contributed by atoms with E-state index in [-0.39, 0.29) is 0 Å². The molecule has 0 aromatic heterocycles. The zero-order chi connectivity index (χ0) is 12.0. The van der Waals surface area contributed by atoms with Crippen LogP contribution >= 0.6 is 11.8 Å². The lowest BCUT2D eigenvalue weighted by atomic mass is 10.1. The lowest BCUT2D eigenvalue weighted by molar-refractivity contribution is 0.590. The molecule has 0 unspecified atom stereocenters.